The van der Waals surface area contributed by atoms with Crippen molar-refractivity contribution in [2.45, 2.75) is 38.5 Å². The molecule has 3 amide bonds. The Balaban J connectivity index is 1.56. The largest absolute Gasteiger partial charge is 0.497 e. The molecule has 8 nitrogen and oxygen atoms in total. The molecule has 1 N–H and O–H groups in total. The van der Waals surface area contributed by atoms with Gasteiger partial charge in [-0.05, 0) is 42.3 Å². The molecule has 1 spiro atoms. The van der Waals surface area contributed by atoms with E-state index in [0.717, 1.165) is 0 Å². The van der Waals surface area contributed by atoms with E-state index >= 15 is 0 Å². The van der Waals surface area contributed by atoms with E-state index < -0.39 is 23.5 Å². The lowest BCUT2D eigenvalue weighted by atomic mass is 9.96. The van der Waals surface area contributed by atoms with E-state index in [0.29, 0.717) is 43.8 Å². The molecular weight excluding hydrogens is 465 g/mol. The number of carbonyl (C=O) groups is 3. The number of nitrogens with one attached hydrogen (secondary N) is 1. The van der Waals surface area contributed by atoms with Gasteiger partial charge < -0.3 is 19.7 Å². The Morgan fingerprint density at radius 1 is 1.08 bits per heavy atom. The molecule has 0 bridgehead atoms. The monoisotopic (exact) mass is 497 g/mol. The smallest absolute Gasteiger partial charge is 0.256 e. The van der Waals surface area contributed by atoms with E-state index in [1.807, 2.05) is 13.8 Å². The molecule has 9 heteroatoms. The Morgan fingerprint density at radius 2 is 1.75 bits per heavy atom. The van der Waals surface area contributed by atoms with Crippen LogP contribution in [-0.4, -0.2) is 72.6 Å². The van der Waals surface area contributed by atoms with Crippen LogP contribution in [0.1, 0.15) is 47.4 Å². The molecule has 2 fully saturated rings. The molecule has 2 aromatic carbocycles. The number of rotatable bonds is 6. The zero-order valence-electron chi connectivity index (χ0n) is 20.8. The minimum Gasteiger partial charge on any atom is -0.497 e. The van der Waals surface area contributed by atoms with E-state index in [1.165, 1.54) is 29.2 Å². The van der Waals surface area contributed by atoms with Gasteiger partial charge in [0.15, 0.2) is 0 Å². The first-order valence-corrected chi connectivity index (χ1v) is 12.2. The number of nitrogens with zero attached hydrogens (tertiary/aromatic N) is 2. The molecule has 1 atom stereocenters. The van der Waals surface area contributed by atoms with Crippen LogP contribution in [0, 0.1) is 11.7 Å². The third-order valence-corrected chi connectivity index (χ3v) is 6.69. The average molecular weight is 498 g/mol. The Kier molecular flexibility index (Phi) is 7.59. The summed E-state index contributed by atoms with van der Waals surface area (Å²) >= 11 is 0. The number of piperidine rings is 1. The topological polar surface area (TPSA) is 88.2 Å². The molecule has 0 saturated carbocycles. The summed E-state index contributed by atoms with van der Waals surface area (Å²) in [6.07, 6.45) is 0.662. The lowest BCUT2D eigenvalue weighted by molar-refractivity contribution is -0.128. The Bertz CT molecular complexity index is 1130. The first-order chi connectivity index (χ1) is 17.2. The molecule has 2 aliphatic heterocycles. The van der Waals surface area contributed by atoms with Crippen molar-refractivity contribution in [1.82, 2.24) is 15.1 Å². The van der Waals surface area contributed by atoms with Gasteiger partial charge in [-0.3, -0.25) is 19.3 Å². The Morgan fingerprint density at radius 3 is 2.39 bits per heavy atom. The van der Waals surface area contributed by atoms with Gasteiger partial charge >= 0.3 is 0 Å². The van der Waals surface area contributed by atoms with Crippen molar-refractivity contribution >= 4 is 17.7 Å². The van der Waals surface area contributed by atoms with Crippen molar-refractivity contribution in [3.63, 3.8) is 0 Å². The van der Waals surface area contributed by atoms with Gasteiger partial charge in [-0.25, -0.2) is 4.39 Å². The van der Waals surface area contributed by atoms with Crippen LogP contribution in [0.15, 0.2) is 48.5 Å². The predicted octanol–water partition coefficient (Wildman–Crippen LogP) is 3.08. The second-order valence-electron chi connectivity index (χ2n) is 9.62. The van der Waals surface area contributed by atoms with Crippen molar-refractivity contribution in [2.24, 2.45) is 5.92 Å². The van der Waals surface area contributed by atoms with Crippen LogP contribution in [-0.2, 0) is 9.53 Å². The van der Waals surface area contributed by atoms with Gasteiger partial charge in [0.2, 0.25) is 5.91 Å². The van der Waals surface area contributed by atoms with Crippen LogP contribution < -0.4 is 10.1 Å². The van der Waals surface area contributed by atoms with E-state index in [2.05, 4.69) is 5.32 Å². The quantitative estimate of drug-likeness (QED) is 0.663. The number of methoxy groups -OCH3 is 1. The summed E-state index contributed by atoms with van der Waals surface area (Å²) in [6.45, 7) is 5.14. The number of ether oxygens (including phenoxy) is 2. The molecule has 4 rings (SSSR count). The first-order valence-electron chi connectivity index (χ1n) is 12.2. The van der Waals surface area contributed by atoms with Gasteiger partial charge in [0, 0.05) is 43.6 Å². The summed E-state index contributed by atoms with van der Waals surface area (Å²) < 4.78 is 25.3. The summed E-state index contributed by atoms with van der Waals surface area (Å²) in [5.74, 6) is -0.617. The van der Waals surface area contributed by atoms with Crippen LogP contribution >= 0.6 is 0 Å². The standard InChI is InChI=1S/C27H32FN3O5/c1-18(2)16-29-24(32)23-17-36-27(31(23)26(34)19-6-4-8-21(28)14-19)10-12-30(13-11-27)25(33)20-7-5-9-22(15-20)35-3/h4-9,14-15,18,23H,10-13,16-17H2,1-3H3,(H,29,32). The maximum absolute atomic E-state index is 13.9. The van der Waals surface area contributed by atoms with Crippen molar-refractivity contribution < 1.29 is 28.2 Å². The molecule has 2 aromatic rings. The van der Waals surface area contributed by atoms with Gasteiger partial charge in [-0.15, -0.1) is 0 Å². The minimum absolute atomic E-state index is 0.0365. The number of carbonyl (C=O) groups excluding carboxylic acids is 3. The SMILES string of the molecule is COc1cccc(C(=O)N2CCC3(CC2)OCC(C(=O)NCC(C)C)N3C(=O)c2cccc(F)c2)c1. The first kappa shape index (κ1) is 25.6. The fourth-order valence-corrected chi connectivity index (χ4v) is 4.75. The summed E-state index contributed by atoms with van der Waals surface area (Å²) in [7, 11) is 1.55. The van der Waals surface area contributed by atoms with Crippen molar-refractivity contribution in [1.29, 1.82) is 0 Å². The Hall–Kier alpha value is -3.46. The van der Waals surface area contributed by atoms with Gasteiger partial charge in [-0.2, -0.15) is 0 Å². The molecule has 0 aliphatic carbocycles. The van der Waals surface area contributed by atoms with Crippen LogP contribution in [0.3, 0.4) is 0 Å². The van der Waals surface area contributed by atoms with Crippen LogP contribution in [0.5, 0.6) is 5.75 Å². The highest BCUT2D eigenvalue weighted by atomic mass is 19.1. The molecule has 2 saturated heterocycles. The van der Waals surface area contributed by atoms with Gasteiger partial charge in [0.05, 0.1) is 13.7 Å². The molecule has 0 aromatic heterocycles. The van der Waals surface area contributed by atoms with Crippen LogP contribution in [0.25, 0.3) is 0 Å². The number of hydrogen-bond acceptors (Lipinski definition) is 5. The second-order valence-corrected chi connectivity index (χ2v) is 9.62. The number of amides is 3. The van der Waals surface area contributed by atoms with Crippen molar-refractivity contribution in [2.75, 3.05) is 33.4 Å². The molecule has 0 radical (unpaired) electrons. The minimum atomic E-state index is -1.06. The van der Waals surface area contributed by atoms with E-state index in [9.17, 15) is 18.8 Å². The van der Waals surface area contributed by atoms with Gasteiger partial charge in [0.1, 0.15) is 23.3 Å². The maximum atomic E-state index is 13.9. The van der Waals surface area contributed by atoms with Gasteiger partial charge in [-0.1, -0.05) is 26.0 Å². The number of hydrogen-bond donors (Lipinski definition) is 1. The van der Waals surface area contributed by atoms with Crippen molar-refractivity contribution in [3.8, 4) is 5.75 Å². The molecule has 36 heavy (non-hydrogen) atoms. The normalized spacial score (nSPS) is 19.0. The maximum Gasteiger partial charge on any atom is 0.256 e. The lowest BCUT2D eigenvalue weighted by Crippen LogP contribution is -2.60. The summed E-state index contributed by atoms with van der Waals surface area (Å²) in [4.78, 5) is 43.0. The van der Waals surface area contributed by atoms with Crippen LogP contribution in [0.2, 0.25) is 0 Å². The molecule has 2 aliphatic rings. The van der Waals surface area contributed by atoms with E-state index in [4.69, 9.17) is 9.47 Å². The molecule has 2 heterocycles. The number of halogens is 1. The summed E-state index contributed by atoms with van der Waals surface area (Å²) in [5.41, 5.74) is -0.401. The zero-order chi connectivity index (χ0) is 25.9. The average Bonchev–Trinajstić information content (AvgIpc) is 3.25. The second kappa shape index (κ2) is 10.7. The third-order valence-electron chi connectivity index (χ3n) is 6.69. The number of benzene rings is 2. The molecule has 192 valence electrons. The highest BCUT2D eigenvalue weighted by Crippen LogP contribution is 2.39. The van der Waals surface area contributed by atoms with E-state index in [-0.39, 0.29) is 29.9 Å². The fourth-order valence-electron chi connectivity index (χ4n) is 4.75. The third kappa shape index (κ3) is 5.21. The lowest BCUT2D eigenvalue weighted by Gasteiger charge is -2.44. The highest BCUT2D eigenvalue weighted by Gasteiger charge is 2.54. The van der Waals surface area contributed by atoms with Gasteiger partial charge in [0.25, 0.3) is 11.8 Å². The van der Waals surface area contributed by atoms with Crippen molar-refractivity contribution in [3.05, 3.63) is 65.5 Å². The molecule has 1 unspecified atom stereocenters. The highest BCUT2D eigenvalue weighted by molar-refractivity contribution is 5.98. The van der Waals surface area contributed by atoms with E-state index in [1.54, 1.807) is 36.3 Å². The zero-order valence-corrected chi connectivity index (χ0v) is 20.8. The summed E-state index contributed by atoms with van der Waals surface area (Å²) in [6, 6.07) is 11.5. The van der Waals surface area contributed by atoms with Crippen LogP contribution in [0.4, 0.5) is 4.39 Å². The molecular formula is C27H32FN3O5. The Labute approximate surface area is 210 Å². The fraction of sp³-hybridized carbons (Fsp3) is 0.444. The predicted molar refractivity (Wildman–Crippen MR) is 131 cm³/mol. The number of likely N-dealkylation sites (tertiary alicyclic amines) is 1. The summed E-state index contributed by atoms with van der Waals surface area (Å²) in [5, 5.41) is 2.89.